The molecule has 0 aliphatic carbocycles. The first kappa shape index (κ1) is 14.7. The number of amides is 1. The Hall–Kier alpha value is -1.36. The van der Waals surface area contributed by atoms with Crippen molar-refractivity contribution in [1.82, 2.24) is 4.90 Å². The Morgan fingerprint density at radius 1 is 1.39 bits per heavy atom. The van der Waals surface area contributed by atoms with Crippen molar-refractivity contribution in [2.24, 2.45) is 0 Å². The van der Waals surface area contributed by atoms with E-state index in [9.17, 15) is 9.59 Å². The van der Waals surface area contributed by atoms with E-state index < -0.39 is 5.97 Å². The molecule has 0 unspecified atom stereocenters. The molecular weight excluding hydrogens is 298 g/mol. The molecule has 0 aliphatic heterocycles. The lowest BCUT2D eigenvalue weighted by Crippen LogP contribution is -2.36. The summed E-state index contributed by atoms with van der Waals surface area (Å²) in [4.78, 5) is 24.4. The maximum atomic E-state index is 12.2. The van der Waals surface area contributed by atoms with Gasteiger partial charge in [0.05, 0.1) is 0 Å². The fraction of sp³-hybridized carbons (Fsp3) is 0.385. The minimum absolute atomic E-state index is 0.232. The van der Waals surface area contributed by atoms with Crippen LogP contribution >= 0.6 is 15.9 Å². The second-order valence-corrected chi connectivity index (χ2v) is 5.00. The van der Waals surface area contributed by atoms with Gasteiger partial charge in [0.25, 0.3) is 5.91 Å². The highest BCUT2D eigenvalue weighted by atomic mass is 79.9. The van der Waals surface area contributed by atoms with Crippen LogP contribution < -0.4 is 0 Å². The molecule has 18 heavy (non-hydrogen) atoms. The fourth-order valence-corrected chi connectivity index (χ4v) is 2.20. The molecule has 0 aliphatic rings. The molecule has 0 bridgehead atoms. The third-order valence-electron chi connectivity index (χ3n) is 2.53. The number of carbonyl (C=O) groups is 2. The van der Waals surface area contributed by atoms with E-state index in [0.717, 1.165) is 16.5 Å². The van der Waals surface area contributed by atoms with Gasteiger partial charge < -0.3 is 10.0 Å². The fourth-order valence-electron chi connectivity index (χ4n) is 1.72. The highest BCUT2D eigenvalue weighted by Gasteiger charge is 2.19. The molecule has 1 aromatic rings. The van der Waals surface area contributed by atoms with E-state index in [0.29, 0.717) is 12.1 Å². The molecule has 1 aromatic carbocycles. The van der Waals surface area contributed by atoms with E-state index in [2.05, 4.69) is 15.9 Å². The predicted octanol–water partition coefficient (Wildman–Crippen LogP) is 2.69. The third kappa shape index (κ3) is 3.84. The number of aryl methyl sites for hydroxylation is 1. The van der Waals surface area contributed by atoms with E-state index >= 15 is 0 Å². The van der Waals surface area contributed by atoms with Crippen molar-refractivity contribution in [2.45, 2.75) is 20.3 Å². The Kier molecular flexibility index (Phi) is 5.34. The molecule has 0 aromatic heterocycles. The van der Waals surface area contributed by atoms with Crippen LogP contribution in [0.4, 0.5) is 0 Å². The van der Waals surface area contributed by atoms with Gasteiger partial charge in [-0.1, -0.05) is 22.9 Å². The molecule has 0 atom stereocenters. The van der Waals surface area contributed by atoms with Crippen molar-refractivity contribution in [3.8, 4) is 0 Å². The second kappa shape index (κ2) is 6.54. The number of hydrogen-bond donors (Lipinski definition) is 1. The largest absolute Gasteiger partial charge is 0.480 e. The van der Waals surface area contributed by atoms with Crippen molar-refractivity contribution >= 4 is 27.8 Å². The molecule has 0 saturated carbocycles. The van der Waals surface area contributed by atoms with Crippen molar-refractivity contribution in [3.05, 3.63) is 33.8 Å². The molecular formula is C13H16BrNO3. The van der Waals surface area contributed by atoms with Crippen molar-refractivity contribution in [2.75, 3.05) is 13.1 Å². The molecule has 98 valence electrons. The number of nitrogens with zero attached hydrogens (tertiary/aromatic N) is 1. The number of benzene rings is 1. The highest BCUT2D eigenvalue weighted by Crippen LogP contribution is 2.17. The van der Waals surface area contributed by atoms with Gasteiger partial charge in [-0.05, 0) is 37.1 Å². The lowest BCUT2D eigenvalue weighted by atomic mass is 10.1. The van der Waals surface area contributed by atoms with Gasteiger partial charge in [-0.3, -0.25) is 9.59 Å². The van der Waals surface area contributed by atoms with Crippen LogP contribution in [0.3, 0.4) is 0 Å². The number of carbonyl (C=O) groups excluding carboxylic acids is 1. The first-order valence-electron chi connectivity index (χ1n) is 5.73. The zero-order valence-electron chi connectivity index (χ0n) is 10.4. The normalized spacial score (nSPS) is 10.2. The van der Waals surface area contributed by atoms with Gasteiger partial charge >= 0.3 is 5.97 Å². The number of halogens is 1. The average Bonchev–Trinajstić information content (AvgIpc) is 2.27. The monoisotopic (exact) mass is 313 g/mol. The lowest BCUT2D eigenvalue weighted by molar-refractivity contribution is -0.137. The van der Waals surface area contributed by atoms with Gasteiger partial charge in [-0.15, -0.1) is 0 Å². The van der Waals surface area contributed by atoms with Crippen LogP contribution in [0.1, 0.15) is 29.3 Å². The molecule has 1 rings (SSSR count). The van der Waals surface area contributed by atoms with Gasteiger partial charge in [-0.2, -0.15) is 0 Å². The zero-order chi connectivity index (χ0) is 13.7. The Morgan fingerprint density at radius 2 is 2.06 bits per heavy atom. The SMILES string of the molecule is CCCN(CC(=O)O)C(=O)c1ccc(Br)cc1C. The number of carboxylic acid groups (broad SMARTS) is 1. The van der Waals surface area contributed by atoms with Crippen LogP contribution in [0.5, 0.6) is 0 Å². The van der Waals surface area contributed by atoms with Gasteiger partial charge in [0.2, 0.25) is 0 Å². The summed E-state index contributed by atoms with van der Waals surface area (Å²) in [6.07, 6.45) is 0.731. The van der Waals surface area contributed by atoms with Crippen LogP contribution in [0.25, 0.3) is 0 Å². The Morgan fingerprint density at radius 3 is 2.56 bits per heavy atom. The number of aliphatic carboxylic acids is 1. The number of hydrogen-bond acceptors (Lipinski definition) is 2. The molecule has 0 heterocycles. The van der Waals surface area contributed by atoms with E-state index in [-0.39, 0.29) is 12.5 Å². The Labute approximate surface area is 115 Å². The third-order valence-corrected chi connectivity index (χ3v) is 3.02. The maximum absolute atomic E-state index is 12.2. The number of rotatable bonds is 5. The summed E-state index contributed by atoms with van der Waals surface area (Å²) >= 11 is 3.33. The summed E-state index contributed by atoms with van der Waals surface area (Å²) in [5.41, 5.74) is 1.38. The summed E-state index contributed by atoms with van der Waals surface area (Å²) in [5, 5.41) is 8.82. The first-order chi connectivity index (χ1) is 8.45. The van der Waals surface area contributed by atoms with E-state index in [4.69, 9.17) is 5.11 Å². The van der Waals surface area contributed by atoms with Crippen LogP contribution in [0.2, 0.25) is 0 Å². The van der Waals surface area contributed by atoms with Crippen LogP contribution in [-0.2, 0) is 4.79 Å². The maximum Gasteiger partial charge on any atom is 0.323 e. The minimum Gasteiger partial charge on any atom is -0.480 e. The lowest BCUT2D eigenvalue weighted by Gasteiger charge is -2.21. The van der Waals surface area contributed by atoms with Crippen LogP contribution in [-0.4, -0.2) is 35.0 Å². The van der Waals surface area contributed by atoms with E-state index in [1.807, 2.05) is 19.9 Å². The van der Waals surface area contributed by atoms with Gasteiger partial charge in [-0.25, -0.2) is 0 Å². The summed E-state index contributed by atoms with van der Waals surface area (Å²) < 4.78 is 0.900. The molecule has 0 saturated heterocycles. The van der Waals surface area contributed by atoms with Crippen LogP contribution in [0.15, 0.2) is 22.7 Å². The molecule has 1 N–H and O–H groups in total. The smallest absolute Gasteiger partial charge is 0.323 e. The zero-order valence-corrected chi connectivity index (χ0v) is 12.0. The molecule has 0 spiro atoms. The van der Waals surface area contributed by atoms with Crippen molar-refractivity contribution < 1.29 is 14.7 Å². The molecule has 4 nitrogen and oxygen atoms in total. The summed E-state index contributed by atoms with van der Waals surface area (Å²) in [7, 11) is 0. The summed E-state index contributed by atoms with van der Waals surface area (Å²) in [5.74, 6) is -1.23. The van der Waals surface area contributed by atoms with Crippen molar-refractivity contribution in [3.63, 3.8) is 0 Å². The summed E-state index contributed by atoms with van der Waals surface area (Å²) in [6.45, 7) is 3.93. The highest BCUT2D eigenvalue weighted by molar-refractivity contribution is 9.10. The van der Waals surface area contributed by atoms with Crippen LogP contribution in [0, 0.1) is 6.92 Å². The Balaban J connectivity index is 2.97. The number of carboxylic acids is 1. The van der Waals surface area contributed by atoms with E-state index in [1.54, 1.807) is 12.1 Å². The van der Waals surface area contributed by atoms with E-state index in [1.165, 1.54) is 4.90 Å². The topological polar surface area (TPSA) is 57.6 Å². The molecule has 1 amide bonds. The van der Waals surface area contributed by atoms with Gasteiger partial charge in [0.1, 0.15) is 6.54 Å². The first-order valence-corrected chi connectivity index (χ1v) is 6.52. The Bertz CT molecular complexity index is 460. The molecule has 5 heteroatoms. The molecule has 0 radical (unpaired) electrons. The van der Waals surface area contributed by atoms with Gasteiger partial charge in [0, 0.05) is 16.6 Å². The van der Waals surface area contributed by atoms with Gasteiger partial charge in [0.15, 0.2) is 0 Å². The molecule has 0 fully saturated rings. The standard InChI is InChI=1S/C13H16BrNO3/c1-3-6-15(8-12(16)17)13(18)11-5-4-10(14)7-9(11)2/h4-5,7H,3,6,8H2,1-2H3,(H,16,17). The average molecular weight is 314 g/mol. The minimum atomic E-state index is -0.994. The van der Waals surface area contributed by atoms with Crippen molar-refractivity contribution in [1.29, 1.82) is 0 Å². The summed E-state index contributed by atoms with van der Waals surface area (Å²) in [6, 6.07) is 5.34. The quantitative estimate of drug-likeness (QED) is 0.909. The predicted molar refractivity (Wildman–Crippen MR) is 72.7 cm³/mol. The second-order valence-electron chi connectivity index (χ2n) is 4.08.